The van der Waals surface area contributed by atoms with Crippen LogP contribution in [-0.2, 0) is 32.6 Å². The third-order valence-corrected chi connectivity index (χ3v) is 8.31. The highest BCUT2D eigenvalue weighted by Crippen LogP contribution is 2.34. The van der Waals surface area contributed by atoms with Gasteiger partial charge in [-0.1, -0.05) is 6.07 Å². The number of aromatic nitrogens is 1. The maximum absolute atomic E-state index is 12.9. The zero-order valence-electron chi connectivity index (χ0n) is 19.7. The number of hydrogen-bond donors (Lipinski definition) is 2. The quantitative estimate of drug-likeness (QED) is 0.628. The van der Waals surface area contributed by atoms with Crippen LogP contribution in [0.3, 0.4) is 0 Å². The molecule has 0 bridgehead atoms. The van der Waals surface area contributed by atoms with E-state index in [1.165, 1.54) is 6.92 Å². The largest absolute Gasteiger partial charge is 0.352 e. The van der Waals surface area contributed by atoms with Crippen LogP contribution in [0, 0.1) is 11.8 Å². The summed E-state index contributed by atoms with van der Waals surface area (Å²) in [5, 5.41) is 2.98. The van der Waals surface area contributed by atoms with E-state index in [0.29, 0.717) is 19.5 Å². The van der Waals surface area contributed by atoms with Crippen LogP contribution in [0.15, 0.2) is 47.6 Å². The van der Waals surface area contributed by atoms with E-state index in [0.717, 1.165) is 42.5 Å². The van der Waals surface area contributed by atoms with Gasteiger partial charge >= 0.3 is 0 Å². The molecular weight excluding hydrogens is 452 g/mol. The van der Waals surface area contributed by atoms with E-state index in [1.54, 1.807) is 35.5 Å². The summed E-state index contributed by atoms with van der Waals surface area (Å²) in [6.07, 6.45) is 7.21. The molecule has 4 rings (SSSR count). The summed E-state index contributed by atoms with van der Waals surface area (Å²) in [5.41, 5.74) is 2.64. The van der Waals surface area contributed by atoms with Crippen molar-refractivity contribution in [2.24, 2.45) is 11.8 Å². The van der Waals surface area contributed by atoms with Crippen LogP contribution in [0.5, 0.6) is 0 Å². The molecule has 0 saturated heterocycles. The first kappa shape index (κ1) is 24.3. The Hall–Kier alpha value is -2.78. The zero-order valence-corrected chi connectivity index (χ0v) is 20.5. The average Bonchev–Trinajstić information content (AvgIpc) is 3.17. The lowest BCUT2D eigenvalue weighted by atomic mass is 9.81. The minimum Gasteiger partial charge on any atom is -0.352 e. The first-order valence-electron chi connectivity index (χ1n) is 11.8. The van der Waals surface area contributed by atoms with Gasteiger partial charge in [-0.05, 0) is 80.3 Å². The highest BCUT2D eigenvalue weighted by molar-refractivity contribution is 7.89. The van der Waals surface area contributed by atoms with Crippen molar-refractivity contribution in [1.29, 1.82) is 0 Å². The molecule has 8 nitrogen and oxygen atoms in total. The van der Waals surface area contributed by atoms with Crippen molar-refractivity contribution < 1.29 is 18.0 Å². The Balaban J connectivity index is 1.27. The van der Waals surface area contributed by atoms with Crippen molar-refractivity contribution >= 4 is 27.5 Å². The molecule has 1 aliphatic carbocycles. The second-order valence-electron chi connectivity index (χ2n) is 9.38. The van der Waals surface area contributed by atoms with Crippen LogP contribution in [0.2, 0.25) is 0 Å². The van der Waals surface area contributed by atoms with Gasteiger partial charge in [0.1, 0.15) is 0 Å². The third kappa shape index (κ3) is 5.47. The van der Waals surface area contributed by atoms with Gasteiger partial charge in [-0.25, -0.2) is 13.1 Å². The number of benzene rings is 1. The normalized spacial score (nSPS) is 22.3. The van der Waals surface area contributed by atoms with Crippen LogP contribution in [0.1, 0.15) is 50.7 Å². The first-order valence-corrected chi connectivity index (χ1v) is 13.3. The Morgan fingerprint density at radius 1 is 1.15 bits per heavy atom. The molecule has 0 spiro atoms. The van der Waals surface area contributed by atoms with Crippen LogP contribution in [-0.4, -0.2) is 37.8 Å². The molecule has 2 N–H and O–H groups in total. The molecule has 2 aliphatic rings. The van der Waals surface area contributed by atoms with Gasteiger partial charge in [-0.15, -0.1) is 0 Å². The molecule has 1 aliphatic heterocycles. The molecule has 1 atom stereocenters. The Labute approximate surface area is 201 Å². The first-order chi connectivity index (χ1) is 16.2. The fraction of sp³-hybridized carbons (Fsp3) is 0.480. The average molecular weight is 485 g/mol. The summed E-state index contributed by atoms with van der Waals surface area (Å²) >= 11 is 0. The minimum absolute atomic E-state index is 0.0233. The summed E-state index contributed by atoms with van der Waals surface area (Å²) in [6.45, 7) is 4.32. The van der Waals surface area contributed by atoms with E-state index in [4.69, 9.17) is 0 Å². The lowest BCUT2D eigenvalue weighted by molar-refractivity contribution is -0.126. The second-order valence-corrected chi connectivity index (χ2v) is 11.1. The Morgan fingerprint density at radius 3 is 2.59 bits per heavy atom. The maximum atomic E-state index is 12.9. The van der Waals surface area contributed by atoms with Gasteiger partial charge in [-0.2, -0.15) is 0 Å². The van der Waals surface area contributed by atoms with Gasteiger partial charge in [0.15, 0.2) is 0 Å². The molecule has 34 heavy (non-hydrogen) atoms. The van der Waals surface area contributed by atoms with Gasteiger partial charge < -0.3 is 10.2 Å². The number of hydrogen-bond acceptors (Lipinski definition) is 5. The molecule has 1 fully saturated rings. The second kappa shape index (κ2) is 10.2. The van der Waals surface area contributed by atoms with Crippen LogP contribution in [0.25, 0.3) is 0 Å². The molecular formula is C25H32N4O4S. The number of carbonyl (C=O) groups excluding carboxylic acids is 2. The molecule has 0 unspecified atom stereocenters. The predicted octanol–water partition coefficient (Wildman–Crippen LogP) is 2.78. The Kier molecular flexibility index (Phi) is 7.33. The standard InChI is InChI=1S/C25H32N4O4S/c1-17-12-22-13-23(9-10-24(22)29(17)18(2)30)34(32,33)28-16-19-5-7-21(8-6-19)25(31)27-15-20-4-3-11-26-14-20/h3-4,9-11,13-14,17,19,21,28H,5-8,12,15-16H2,1-2H3,(H,27,31)/t17-,19?,21?/m1/s1. The van der Waals surface area contributed by atoms with Crippen molar-refractivity contribution in [3.63, 3.8) is 0 Å². The highest BCUT2D eigenvalue weighted by Gasteiger charge is 2.31. The summed E-state index contributed by atoms with van der Waals surface area (Å²) in [4.78, 5) is 30.4. The molecule has 1 aromatic heterocycles. The van der Waals surface area contributed by atoms with Crippen molar-refractivity contribution in [2.45, 2.75) is 63.4 Å². The van der Waals surface area contributed by atoms with Crippen molar-refractivity contribution in [2.75, 3.05) is 11.4 Å². The van der Waals surface area contributed by atoms with Gasteiger partial charge in [-0.3, -0.25) is 14.6 Å². The Morgan fingerprint density at radius 2 is 1.91 bits per heavy atom. The summed E-state index contributed by atoms with van der Waals surface area (Å²) in [6, 6.07) is 8.77. The number of fused-ring (bicyclic) bond motifs is 1. The molecule has 9 heteroatoms. The van der Waals surface area contributed by atoms with Gasteiger partial charge in [0.05, 0.1) is 4.90 Å². The lowest BCUT2D eigenvalue weighted by Gasteiger charge is -2.28. The third-order valence-electron chi connectivity index (χ3n) is 6.89. The van der Waals surface area contributed by atoms with Crippen molar-refractivity contribution in [3.8, 4) is 0 Å². The van der Waals surface area contributed by atoms with Crippen LogP contribution in [0.4, 0.5) is 5.69 Å². The molecule has 0 radical (unpaired) electrons. The summed E-state index contributed by atoms with van der Waals surface area (Å²) < 4.78 is 28.6. The van der Waals surface area contributed by atoms with E-state index >= 15 is 0 Å². The van der Waals surface area contributed by atoms with Crippen molar-refractivity contribution in [3.05, 3.63) is 53.9 Å². The van der Waals surface area contributed by atoms with E-state index in [1.807, 2.05) is 19.1 Å². The number of rotatable bonds is 7. The molecule has 2 amide bonds. The smallest absolute Gasteiger partial charge is 0.240 e. The minimum atomic E-state index is -3.64. The van der Waals surface area contributed by atoms with E-state index < -0.39 is 10.0 Å². The zero-order chi connectivity index (χ0) is 24.3. The fourth-order valence-corrected chi connectivity index (χ4v) is 6.20. The number of carbonyl (C=O) groups is 2. The van der Waals surface area contributed by atoms with Crippen LogP contribution < -0.4 is 14.9 Å². The maximum Gasteiger partial charge on any atom is 0.240 e. The number of sulfonamides is 1. The number of anilines is 1. The van der Waals surface area contributed by atoms with E-state index in [9.17, 15) is 18.0 Å². The fourth-order valence-electron chi connectivity index (χ4n) is 5.03. The van der Waals surface area contributed by atoms with Crippen LogP contribution >= 0.6 is 0 Å². The molecule has 182 valence electrons. The van der Waals surface area contributed by atoms with Gasteiger partial charge in [0.25, 0.3) is 0 Å². The SMILES string of the molecule is CC(=O)N1c2ccc(S(=O)(=O)NCC3CCC(C(=O)NCc4cccnc4)CC3)cc2C[C@H]1C. The lowest BCUT2D eigenvalue weighted by Crippen LogP contribution is -2.36. The molecule has 1 saturated carbocycles. The van der Waals surface area contributed by atoms with E-state index in [2.05, 4.69) is 15.0 Å². The van der Waals surface area contributed by atoms with Crippen molar-refractivity contribution in [1.82, 2.24) is 15.0 Å². The Bertz CT molecular complexity index is 1140. The topological polar surface area (TPSA) is 108 Å². The monoisotopic (exact) mass is 484 g/mol. The molecule has 2 heterocycles. The number of pyridine rings is 1. The number of nitrogens with zero attached hydrogens (tertiary/aromatic N) is 2. The predicted molar refractivity (Wildman–Crippen MR) is 129 cm³/mol. The van der Waals surface area contributed by atoms with Gasteiger partial charge in [0, 0.05) is 50.1 Å². The van der Waals surface area contributed by atoms with Gasteiger partial charge in [0.2, 0.25) is 21.8 Å². The molecule has 2 aromatic rings. The number of nitrogens with one attached hydrogen (secondary N) is 2. The number of amides is 2. The highest BCUT2D eigenvalue weighted by atomic mass is 32.2. The summed E-state index contributed by atoms with van der Waals surface area (Å²) in [5.74, 6) is 0.184. The molecule has 1 aromatic carbocycles. The van der Waals surface area contributed by atoms with E-state index in [-0.39, 0.29) is 34.6 Å². The summed E-state index contributed by atoms with van der Waals surface area (Å²) in [7, 11) is -3.64.